The highest BCUT2D eigenvalue weighted by Gasteiger charge is 2.14. The summed E-state index contributed by atoms with van der Waals surface area (Å²) in [6.07, 6.45) is 10.3. The van der Waals surface area contributed by atoms with Crippen LogP contribution in [-0.2, 0) is 9.59 Å². The first-order valence-corrected chi connectivity index (χ1v) is 9.62. The molecule has 0 bridgehead atoms. The molecule has 0 fully saturated rings. The molecule has 2 amide bonds. The quantitative estimate of drug-likeness (QED) is 0.254. The molecular formula is C18H38N4O2. The number of nitrogens with one attached hydrogen (secondary N) is 2. The van der Waals surface area contributed by atoms with Crippen LogP contribution in [0.3, 0.4) is 0 Å². The lowest BCUT2D eigenvalue weighted by atomic mass is 10.1. The number of carbonyl (C=O) groups is 2. The molecule has 6 heteroatoms. The molecule has 0 saturated carbocycles. The van der Waals surface area contributed by atoms with Crippen LogP contribution in [0.2, 0.25) is 0 Å². The number of nitrogens with two attached hydrogens (primary N) is 2. The fourth-order valence-corrected chi connectivity index (χ4v) is 2.53. The third kappa shape index (κ3) is 14.5. The normalized spacial score (nSPS) is 10.8. The van der Waals surface area contributed by atoms with Gasteiger partial charge in [0.2, 0.25) is 11.8 Å². The number of amides is 2. The summed E-state index contributed by atoms with van der Waals surface area (Å²) < 4.78 is 0. The number of unbranched alkanes of at least 4 members (excludes halogenated alkanes) is 6. The van der Waals surface area contributed by atoms with Crippen molar-refractivity contribution >= 4 is 11.8 Å². The summed E-state index contributed by atoms with van der Waals surface area (Å²) in [5.74, 6) is 0.0221. The first-order valence-electron chi connectivity index (χ1n) is 9.62. The van der Waals surface area contributed by atoms with E-state index in [1.807, 2.05) is 0 Å². The number of carbonyl (C=O) groups excluding carboxylic acids is 2. The molecule has 6 N–H and O–H groups in total. The maximum Gasteiger partial charge on any atom is 0.221 e. The molecule has 0 unspecified atom stereocenters. The van der Waals surface area contributed by atoms with E-state index in [1.54, 1.807) is 0 Å². The van der Waals surface area contributed by atoms with Gasteiger partial charge in [0.05, 0.1) is 0 Å². The molecule has 0 atom stereocenters. The summed E-state index contributed by atoms with van der Waals surface area (Å²) in [4.78, 5) is 24.0. The van der Waals surface area contributed by atoms with Gasteiger partial charge >= 0.3 is 0 Å². The Morgan fingerprint density at radius 3 is 1.67 bits per heavy atom. The van der Waals surface area contributed by atoms with E-state index >= 15 is 0 Å². The van der Waals surface area contributed by atoms with Gasteiger partial charge in [0.1, 0.15) is 6.17 Å². The molecule has 0 radical (unpaired) electrons. The molecule has 142 valence electrons. The molecule has 0 saturated heterocycles. The second-order valence-corrected chi connectivity index (χ2v) is 6.38. The molecule has 0 aromatic rings. The predicted octanol–water partition coefficient (Wildman–Crippen LogP) is 2.16. The Labute approximate surface area is 147 Å². The fraction of sp³-hybridized carbons (Fsp3) is 0.889. The average molecular weight is 343 g/mol. The lowest BCUT2D eigenvalue weighted by Gasteiger charge is -2.20. The van der Waals surface area contributed by atoms with Gasteiger partial charge in [-0.1, -0.05) is 32.6 Å². The van der Waals surface area contributed by atoms with Gasteiger partial charge in [-0.25, -0.2) is 0 Å². The third-order valence-corrected chi connectivity index (χ3v) is 3.98. The molecule has 0 aliphatic heterocycles. The third-order valence-electron chi connectivity index (χ3n) is 3.98. The van der Waals surface area contributed by atoms with Crippen LogP contribution >= 0.6 is 0 Å². The van der Waals surface area contributed by atoms with Crippen molar-refractivity contribution in [1.29, 1.82) is 0 Å². The Balaban J connectivity index is 4.15. The lowest BCUT2D eigenvalue weighted by Crippen LogP contribution is -2.47. The van der Waals surface area contributed by atoms with E-state index in [9.17, 15) is 9.59 Å². The van der Waals surface area contributed by atoms with E-state index < -0.39 is 0 Å². The van der Waals surface area contributed by atoms with Crippen molar-refractivity contribution < 1.29 is 9.59 Å². The first-order chi connectivity index (χ1) is 11.6. The maximum atomic E-state index is 12.0. The van der Waals surface area contributed by atoms with Gasteiger partial charge in [-0.3, -0.25) is 9.59 Å². The van der Waals surface area contributed by atoms with Crippen molar-refractivity contribution in [2.24, 2.45) is 11.5 Å². The Kier molecular flexibility index (Phi) is 15.9. The van der Waals surface area contributed by atoms with Gasteiger partial charge in [0, 0.05) is 12.8 Å². The van der Waals surface area contributed by atoms with Crippen LogP contribution in [0.15, 0.2) is 0 Å². The lowest BCUT2D eigenvalue weighted by molar-refractivity contribution is -0.124. The Bertz CT molecular complexity index is 298. The second-order valence-electron chi connectivity index (χ2n) is 6.38. The molecule has 0 aromatic carbocycles. The van der Waals surface area contributed by atoms with E-state index in [4.69, 9.17) is 11.5 Å². The Morgan fingerprint density at radius 2 is 1.25 bits per heavy atom. The molecule has 0 heterocycles. The summed E-state index contributed by atoms with van der Waals surface area (Å²) >= 11 is 0. The number of hydrogen-bond acceptors (Lipinski definition) is 4. The van der Waals surface area contributed by atoms with Crippen molar-refractivity contribution in [1.82, 2.24) is 10.6 Å². The van der Waals surface area contributed by atoms with Crippen molar-refractivity contribution in [2.75, 3.05) is 13.1 Å². The maximum absolute atomic E-state index is 12.0. The molecule has 0 aromatic heterocycles. The van der Waals surface area contributed by atoms with Crippen LogP contribution in [0.4, 0.5) is 0 Å². The number of rotatable bonds is 16. The van der Waals surface area contributed by atoms with E-state index in [2.05, 4.69) is 17.6 Å². The van der Waals surface area contributed by atoms with Gasteiger partial charge in [0.25, 0.3) is 0 Å². The van der Waals surface area contributed by atoms with Crippen molar-refractivity contribution in [3.8, 4) is 0 Å². The molecule has 0 rings (SSSR count). The highest BCUT2D eigenvalue weighted by Crippen LogP contribution is 2.05. The Hall–Kier alpha value is -1.14. The van der Waals surface area contributed by atoms with Crippen molar-refractivity contribution in [3.63, 3.8) is 0 Å². The summed E-state index contributed by atoms with van der Waals surface area (Å²) in [6, 6.07) is 0. The molecule has 0 spiro atoms. The van der Waals surface area contributed by atoms with Crippen LogP contribution in [0.1, 0.15) is 84.0 Å². The summed E-state index contributed by atoms with van der Waals surface area (Å²) in [7, 11) is 0. The van der Waals surface area contributed by atoms with Crippen LogP contribution < -0.4 is 22.1 Å². The van der Waals surface area contributed by atoms with Gasteiger partial charge < -0.3 is 22.1 Å². The molecule has 0 aliphatic rings. The summed E-state index contributed by atoms with van der Waals surface area (Å²) in [5.41, 5.74) is 10.9. The summed E-state index contributed by atoms with van der Waals surface area (Å²) in [6.45, 7) is 3.48. The zero-order valence-electron chi connectivity index (χ0n) is 15.4. The SMILES string of the molecule is CCCCCC(NC(=O)CCCCCN)NC(=O)CCCCCN. The molecule has 24 heavy (non-hydrogen) atoms. The second kappa shape index (κ2) is 16.7. The predicted molar refractivity (Wildman–Crippen MR) is 99.3 cm³/mol. The van der Waals surface area contributed by atoms with E-state index in [1.165, 1.54) is 0 Å². The monoisotopic (exact) mass is 342 g/mol. The molecule has 6 nitrogen and oxygen atoms in total. The van der Waals surface area contributed by atoms with Crippen molar-refractivity contribution in [3.05, 3.63) is 0 Å². The van der Waals surface area contributed by atoms with Gasteiger partial charge in [-0.2, -0.15) is 0 Å². The van der Waals surface area contributed by atoms with Crippen LogP contribution in [0.25, 0.3) is 0 Å². The van der Waals surface area contributed by atoms with E-state index in [0.717, 1.165) is 64.2 Å². The van der Waals surface area contributed by atoms with Gasteiger partial charge in [-0.15, -0.1) is 0 Å². The molecular weight excluding hydrogens is 304 g/mol. The van der Waals surface area contributed by atoms with Crippen LogP contribution in [0, 0.1) is 0 Å². The summed E-state index contributed by atoms with van der Waals surface area (Å²) in [5, 5.41) is 5.93. The molecule has 0 aliphatic carbocycles. The topological polar surface area (TPSA) is 110 Å². The zero-order valence-corrected chi connectivity index (χ0v) is 15.4. The minimum absolute atomic E-state index is 0.0111. The van der Waals surface area contributed by atoms with Gasteiger partial charge in [-0.05, 0) is 51.6 Å². The largest absolute Gasteiger partial charge is 0.336 e. The highest BCUT2D eigenvalue weighted by atomic mass is 16.2. The first kappa shape index (κ1) is 22.9. The average Bonchev–Trinajstić information content (AvgIpc) is 2.56. The van der Waals surface area contributed by atoms with Crippen LogP contribution in [-0.4, -0.2) is 31.1 Å². The smallest absolute Gasteiger partial charge is 0.221 e. The fourth-order valence-electron chi connectivity index (χ4n) is 2.53. The minimum Gasteiger partial charge on any atom is -0.336 e. The highest BCUT2D eigenvalue weighted by molar-refractivity contribution is 5.79. The van der Waals surface area contributed by atoms with Crippen molar-refractivity contribution in [2.45, 2.75) is 90.1 Å². The standard InChI is InChI=1S/C18H38N4O2/c1-2-3-6-11-16(21-17(23)12-7-4-9-14-19)22-18(24)13-8-5-10-15-20/h16H,2-15,19-20H2,1H3,(H,21,23)(H,22,24). The number of hydrogen-bond donors (Lipinski definition) is 4. The van der Waals surface area contributed by atoms with Gasteiger partial charge in [0.15, 0.2) is 0 Å². The van der Waals surface area contributed by atoms with E-state index in [-0.39, 0.29) is 18.0 Å². The Morgan fingerprint density at radius 1 is 0.750 bits per heavy atom. The van der Waals surface area contributed by atoms with Crippen LogP contribution in [0.5, 0.6) is 0 Å². The minimum atomic E-state index is -0.249. The zero-order chi connectivity index (χ0) is 18.0. The van der Waals surface area contributed by atoms with E-state index in [0.29, 0.717) is 25.9 Å².